The number of rotatable bonds is 4. The van der Waals surface area contributed by atoms with Crippen molar-refractivity contribution in [3.63, 3.8) is 0 Å². The van der Waals surface area contributed by atoms with E-state index in [1.807, 2.05) is 6.07 Å². The van der Waals surface area contributed by atoms with Gasteiger partial charge in [-0.15, -0.1) is 0 Å². The second-order valence-corrected chi connectivity index (χ2v) is 7.45. The van der Waals surface area contributed by atoms with Crippen LogP contribution < -0.4 is 5.32 Å². The van der Waals surface area contributed by atoms with E-state index >= 15 is 0 Å². The van der Waals surface area contributed by atoms with Crippen molar-refractivity contribution in [2.75, 3.05) is 6.26 Å². The Morgan fingerprint density at radius 2 is 2.10 bits per heavy atom. The third-order valence-corrected chi connectivity index (χ3v) is 4.97. The van der Waals surface area contributed by atoms with Gasteiger partial charge in [-0.3, -0.25) is 0 Å². The van der Waals surface area contributed by atoms with Crippen LogP contribution in [0.1, 0.15) is 31.5 Å². The van der Waals surface area contributed by atoms with Gasteiger partial charge in [0.25, 0.3) is 0 Å². The van der Waals surface area contributed by atoms with E-state index in [1.54, 1.807) is 12.1 Å². The molecule has 1 heterocycles. The summed E-state index contributed by atoms with van der Waals surface area (Å²) in [7, 11) is -3.25. The Balaban J connectivity index is 1.86. The molecule has 5 nitrogen and oxygen atoms in total. The summed E-state index contributed by atoms with van der Waals surface area (Å²) in [5.41, 5.74) is 1.31. The highest BCUT2D eigenvalue weighted by atomic mass is 32.2. The first-order chi connectivity index (χ1) is 9.54. The first-order valence-corrected chi connectivity index (χ1v) is 8.84. The second kappa shape index (κ2) is 5.18. The molecule has 0 spiro atoms. The van der Waals surface area contributed by atoms with Crippen molar-refractivity contribution in [1.29, 1.82) is 0 Å². The van der Waals surface area contributed by atoms with Crippen molar-refractivity contribution in [1.82, 2.24) is 15.3 Å². The lowest BCUT2D eigenvalue weighted by Gasteiger charge is -2.09. The summed E-state index contributed by atoms with van der Waals surface area (Å²) in [5, 5.41) is 3.47. The molecule has 3 rings (SSSR count). The fraction of sp³-hybridized carbons (Fsp3) is 0.500. The molecule has 6 heteroatoms. The van der Waals surface area contributed by atoms with Gasteiger partial charge in [0.2, 0.25) is 0 Å². The number of aromatic nitrogens is 2. The van der Waals surface area contributed by atoms with Gasteiger partial charge in [0, 0.05) is 12.3 Å². The predicted octanol–water partition coefficient (Wildman–Crippen LogP) is 2.00. The molecule has 0 unspecified atom stereocenters. The van der Waals surface area contributed by atoms with Crippen LogP contribution in [0.5, 0.6) is 0 Å². The molecule has 1 aliphatic carbocycles. The molecule has 2 aromatic rings. The number of nitrogens with zero attached hydrogens (tertiary/aromatic N) is 1. The fourth-order valence-electron chi connectivity index (χ4n) is 2.81. The van der Waals surface area contributed by atoms with Crippen LogP contribution in [0.3, 0.4) is 0 Å². The van der Waals surface area contributed by atoms with Crippen LogP contribution in [0, 0.1) is 0 Å². The van der Waals surface area contributed by atoms with E-state index in [0.29, 0.717) is 23.0 Å². The van der Waals surface area contributed by atoms with Crippen LogP contribution in [-0.2, 0) is 16.4 Å². The van der Waals surface area contributed by atoms with Crippen molar-refractivity contribution in [3.8, 4) is 0 Å². The minimum atomic E-state index is -3.25. The molecular formula is C14H19N3O2S. The Kier molecular flexibility index (Phi) is 3.52. The lowest BCUT2D eigenvalue weighted by atomic mass is 10.2. The Bertz CT molecular complexity index is 715. The van der Waals surface area contributed by atoms with Gasteiger partial charge in [0.1, 0.15) is 11.3 Å². The number of nitrogens with one attached hydrogen (secondary N) is 2. The molecule has 1 aromatic heterocycles. The molecule has 0 atom stereocenters. The predicted molar refractivity (Wildman–Crippen MR) is 78.3 cm³/mol. The molecule has 0 radical (unpaired) electrons. The third kappa shape index (κ3) is 2.71. The summed E-state index contributed by atoms with van der Waals surface area (Å²) in [5.74, 6) is 0.794. The lowest BCUT2D eigenvalue weighted by Crippen LogP contribution is -2.25. The summed E-state index contributed by atoms with van der Waals surface area (Å²) >= 11 is 0. The van der Waals surface area contributed by atoms with Crippen LogP contribution in [0.4, 0.5) is 0 Å². The van der Waals surface area contributed by atoms with E-state index in [0.717, 1.165) is 11.3 Å². The third-order valence-electron chi connectivity index (χ3n) is 3.84. The van der Waals surface area contributed by atoms with Gasteiger partial charge in [-0.2, -0.15) is 0 Å². The fourth-order valence-corrected chi connectivity index (χ4v) is 3.64. The van der Waals surface area contributed by atoms with Gasteiger partial charge in [-0.05, 0) is 25.0 Å². The number of para-hydroxylation sites is 1. The smallest absolute Gasteiger partial charge is 0.177 e. The maximum Gasteiger partial charge on any atom is 0.177 e. The highest BCUT2D eigenvalue weighted by Gasteiger charge is 2.17. The quantitative estimate of drug-likeness (QED) is 0.904. The Hall–Kier alpha value is -1.40. The zero-order valence-electron chi connectivity index (χ0n) is 11.5. The van der Waals surface area contributed by atoms with Crippen LogP contribution in [-0.4, -0.2) is 30.7 Å². The molecule has 108 valence electrons. The van der Waals surface area contributed by atoms with E-state index in [2.05, 4.69) is 15.3 Å². The van der Waals surface area contributed by atoms with Crippen LogP contribution >= 0.6 is 0 Å². The van der Waals surface area contributed by atoms with Crippen molar-refractivity contribution >= 4 is 20.9 Å². The van der Waals surface area contributed by atoms with Crippen LogP contribution in [0.15, 0.2) is 23.1 Å². The number of benzene rings is 1. The van der Waals surface area contributed by atoms with E-state index in [1.165, 1.54) is 31.9 Å². The summed E-state index contributed by atoms with van der Waals surface area (Å²) in [4.78, 5) is 7.93. The molecular weight excluding hydrogens is 274 g/mol. The molecule has 0 saturated heterocycles. The van der Waals surface area contributed by atoms with E-state index in [-0.39, 0.29) is 0 Å². The average Bonchev–Trinajstić information content (AvgIpc) is 3.03. The summed E-state index contributed by atoms with van der Waals surface area (Å²) in [6, 6.07) is 5.77. The number of imidazole rings is 1. The highest BCUT2D eigenvalue weighted by molar-refractivity contribution is 7.91. The topological polar surface area (TPSA) is 74.8 Å². The van der Waals surface area contributed by atoms with Crippen molar-refractivity contribution in [2.45, 2.75) is 43.2 Å². The highest BCUT2D eigenvalue weighted by Crippen LogP contribution is 2.22. The number of aromatic amines is 1. The molecule has 0 bridgehead atoms. The number of hydrogen-bond donors (Lipinski definition) is 2. The lowest BCUT2D eigenvalue weighted by molar-refractivity contribution is 0.516. The molecule has 1 fully saturated rings. The summed E-state index contributed by atoms with van der Waals surface area (Å²) in [6.07, 6.45) is 6.22. The van der Waals surface area contributed by atoms with Crippen molar-refractivity contribution in [2.24, 2.45) is 0 Å². The zero-order valence-corrected chi connectivity index (χ0v) is 12.3. The van der Waals surface area contributed by atoms with Gasteiger partial charge in [0.15, 0.2) is 9.84 Å². The Morgan fingerprint density at radius 3 is 2.80 bits per heavy atom. The Morgan fingerprint density at radius 1 is 1.35 bits per heavy atom. The maximum atomic E-state index is 11.8. The Labute approximate surface area is 118 Å². The standard InChI is InChI=1S/C14H19N3O2S/c1-20(18,19)12-8-4-7-11-14(12)17-13(16-11)9-15-10-5-2-3-6-10/h4,7-8,10,15H,2-3,5-6,9H2,1H3,(H,16,17). The summed E-state index contributed by atoms with van der Waals surface area (Å²) in [6.45, 7) is 0.655. The molecule has 20 heavy (non-hydrogen) atoms. The van der Waals surface area contributed by atoms with Gasteiger partial charge >= 0.3 is 0 Å². The number of hydrogen-bond acceptors (Lipinski definition) is 4. The van der Waals surface area contributed by atoms with E-state index in [9.17, 15) is 8.42 Å². The van der Waals surface area contributed by atoms with Crippen molar-refractivity contribution < 1.29 is 8.42 Å². The number of H-pyrrole nitrogens is 1. The molecule has 1 aromatic carbocycles. The molecule has 0 amide bonds. The van der Waals surface area contributed by atoms with Gasteiger partial charge < -0.3 is 10.3 Å². The monoisotopic (exact) mass is 293 g/mol. The average molecular weight is 293 g/mol. The van der Waals surface area contributed by atoms with Crippen molar-refractivity contribution in [3.05, 3.63) is 24.0 Å². The summed E-state index contributed by atoms with van der Waals surface area (Å²) < 4.78 is 23.5. The van der Waals surface area contributed by atoms with Crippen LogP contribution in [0.25, 0.3) is 11.0 Å². The van der Waals surface area contributed by atoms with Gasteiger partial charge in [-0.25, -0.2) is 13.4 Å². The first-order valence-electron chi connectivity index (χ1n) is 6.95. The van der Waals surface area contributed by atoms with Gasteiger partial charge in [0.05, 0.1) is 17.0 Å². The molecule has 2 N–H and O–H groups in total. The molecule has 1 aliphatic rings. The zero-order chi connectivity index (χ0) is 14.2. The van der Waals surface area contributed by atoms with Crippen LogP contribution in [0.2, 0.25) is 0 Å². The van der Waals surface area contributed by atoms with E-state index in [4.69, 9.17) is 0 Å². The first kappa shape index (κ1) is 13.6. The molecule has 1 saturated carbocycles. The maximum absolute atomic E-state index is 11.8. The van der Waals surface area contributed by atoms with Gasteiger partial charge in [-0.1, -0.05) is 18.9 Å². The normalized spacial score (nSPS) is 17.1. The number of fused-ring (bicyclic) bond motifs is 1. The molecule has 0 aliphatic heterocycles. The second-order valence-electron chi connectivity index (χ2n) is 5.47. The largest absolute Gasteiger partial charge is 0.341 e. The SMILES string of the molecule is CS(=O)(=O)c1cccc2[nH]c(CNC3CCCC3)nc12. The number of sulfone groups is 1. The minimum absolute atomic E-state index is 0.290. The minimum Gasteiger partial charge on any atom is -0.341 e. The van der Waals surface area contributed by atoms with E-state index < -0.39 is 9.84 Å².